The lowest BCUT2D eigenvalue weighted by molar-refractivity contribution is 0.0508. The molecule has 2 rings (SSSR count). The molecule has 17 heavy (non-hydrogen) atoms. The second kappa shape index (κ2) is 4.85. The van der Waals surface area contributed by atoms with Crippen LogP contribution in [0.3, 0.4) is 0 Å². The second-order valence-corrected chi connectivity index (χ2v) is 4.48. The first-order valence-corrected chi connectivity index (χ1v) is 6.23. The topological polar surface area (TPSA) is 65.2 Å². The summed E-state index contributed by atoms with van der Waals surface area (Å²) in [7, 11) is 0. The van der Waals surface area contributed by atoms with Crippen molar-refractivity contribution in [1.82, 2.24) is 10.1 Å². The predicted molar refractivity (Wildman–Crippen MR) is 60.7 cm³/mol. The minimum Gasteiger partial charge on any atom is -0.460 e. The van der Waals surface area contributed by atoms with Crippen molar-refractivity contribution in [2.24, 2.45) is 0 Å². The largest absolute Gasteiger partial charge is 0.460 e. The first-order valence-electron chi connectivity index (χ1n) is 6.23. The molecule has 0 N–H and O–H groups in total. The zero-order valence-corrected chi connectivity index (χ0v) is 10.4. The lowest BCUT2D eigenvalue weighted by Crippen LogP contribution is -2.21. The Morgan fingerprint density at radius 2 is 2.12 bits per heavy atom. The highest BCUT2D eigenvalue weighted by atomic mass is 16.5. The predicted octanol–water partition coefficient (Wildman–Crippen LogP) is 2.47. The number of carbonyl (C=O) groups excluding carboxylic acids is 1. The number of nitrogens with zero attached hydrogens (tertiary/aromatic N) is 2. The molecule has 1 aliphatic rings. The molecule has 5 nitrogen and oxygen atoms in total. The van der Waals surface area contributed by atoms with Crippen LogP contribution < -0.4 is 0 Å². The first-order chi connectivity index (χ1) is 8.22. The molecule has 1 heterocycles. The number of hydrogen-bond acceptors (Lipinski definition) is 5. The van der Waals surface area contributed by atoms with E-state index in [9.17, 15) is 4.79 Å². The molecule has 1 aliphatic carbocycles. The van der Waals surface area contributed by atoms with Crippen LogP contribution in [0.5, 0.6) is 0 Å². The average Bonchev–Trinajstić information content (AvgIpc) is 2.99. The van der Waals surface area contributed by atoms with Crippen molar-refractivity contribution in [3.8, 4) is 0 Å². The number of esters is 1. The van der Waals surface area contributed by atoms with Crippen molar-refractivity contribution in [3.63, 3.8) is 0 Å². The van der Waals surface area contributed by atoms with Crippen LogP contribution in [0.25, 0.3) is 0 Å². The monoisotopic (exact) mass is 238 g/mol. The Hall–Kier alpha value is -1.39. The van der Waals surface area contributed by atoms with E-state index in [0.29, 0.717) is 12.5 Å². The highest BCUT2D eigenvalue weighted by molar-refractivity contribution is 5.84. The normalized spacial score (nSPS) is 18.2. The molecule has 1 fully saturated rings. The van der Waals surface area contributed by atoms with E-state index in [1.54, 1.807) is 6.92 Å². The van der Waals surface area contributed by atoms with Gasteiger partial charge in [0.1, 0.15) is 0 Å². The maximum absolute atomic E-state index is 11.5. The van der Waals surface area contributed by atoms with Crippen LogP contribution in [0.2, 0.25) is 0 Å². The quantitative estimate of drug-likeness (QED) is 0.754. The van der Waals surface area contributed by atoms with Crippen molar-refractivity contribution in [2.75, 3.05) is 6.61 Å². The SMILES string of the molecule is CCOC(=O)c1noc(C2(CC)CCCC2)n1. The van der Waals surface area contributed by atoms with Crippen LogP contribution in [0.1, 0.15) is 62.5 Å². The van der Waals surface area contributed by atoms with Gasteiger partial charge in [0.2, 0.25) is 5.89 Å². The van der Waals surface area contributed by atoms with Crippen molar-refractivity contribution >= 4 is 5.97 Å². The summed E-state index contributed by atoms with van der Waals surface area (Å²) >= 11 is 0. The molecule has 0 spiro atoms. The van der Waals surface area contributed by atoms with Crippen LogP contribution in [0.15, 0.2) is 4.52 Å². The fourth-order valence-corrected chi connectivity index (χ4v) is 2.49. The van der Waals surface area contributed by atoms with Gasteiger partial charge in [-0.1, -0.05) is 19.8 Å². The van der Waals surface area contributed by atoms with Gasteiger partial charge in [-0.05, 0) is 31.3 Å². The number of hydrogen-bond donors (Lipinski definition) is 0. The van der Waals surface area contributed by atoms with Gasteiger partial charge in [-0.15, -0.1) is 0 Å². The molecule has 0 saturated heterocycles. The summed E-state index contributed by atoms with van der Waals surface area (Å²) in [6.07, 6.45) is 5.47. The van der Waals surface area contributed by atoms with E-state index in [0.717, 1.165) is 19.3 Å². The van der Waals surface area contributed by atoms with Gasteiger partial charge in [0.25, 0.3) is 5.82 Å². The molecule has 1 aromatic heterocycles. The van der Waals surface area contributed by atoms with Crippen molar-refractivity contribution in [1.29, 1.82) is 0 Å². The summed E-state index contributed by atoms with van der Waals surface area (Å²) in [6.45, 7) is 4.20. The van der Waals surface area contributed by atoms with E-state index in [1.165, 1.54) is 12.8 Å². The average molecular weight is 238 g/mol. The van der Waals surface area contributed by atoms with E-state index in [1.807, 2.05) is 0 Å². The van der Waals surface area contributed by atoms with Crippen LogP contribution in [-0.4, -0.2) is 22.7 Å². The number of aromatic nitrogens is 2. The maximum atomic E-state index is 11.5. The summed E-state index contributed by atoms with van der Waals surface area (Å²) in [6, 6.07) is 0. The second-order valence-electron chi connectivity index (χ2n) is 4.48. The van der Waals surface area contributed by atoms with Crippen molar-refractivity contribution in [3.05, 3.63) is 11.7 Å². The van der Waals surface area contributed by atoms with E-state index in [2.05, 4.69) is 17.1 Å². The third kappa shape index (κ3) is 2.18. The van der Waals surface area contributed by atoms with Gasteiger partial charge < -0.3 is 9.26 Å². The Morgan fingerprint density at radius 1 is 1.41 bits per heavy atom. The molecule has 0 radical (unpaired) electrons. The summed E-state index contributed by atoms with van der Waals surface area (Å²) in [5.74, 6) is 0.133. The Bertz CT molecular complexity index is 394. The molecule has 5 heteroatoms. The standard InChI is InChI=1S/C12H18N2O3/c1-3-12(7-5-6-8-12)11-13-9(14-17-11)10(15)16-4-2/h3-8H2,1-2H3. The fraction of sp³-hybridized carbons (Fsp3) is 0.750. The molecular formula is C12H18N2O3. The molecule has 0 atom stereocenters. The Morgan fingerprint density at radius 3 is 2.71 bits per heavy atom. The minimum absolute atomic E-state index is 0.0161. The lowest BCUT2D eigenvalue weighted by Gasteiger charge is -2.21. The van der Waals surface area contributed by atoms with Gasteiger partial charge in [0.05, 0.1) is 6.61 Å². The third-order valence-corrected chi connectivity index (χ3v) is 3.58. The van der Waals surface area contributed by atoms with Gasteiger partial charge in [-0.25, -0.2) is 4.79 Å². The van der Waals surface area contributed by atoms with Gasteiger partial charge in [0.15, 0.2) is 0 Å². The van der Waals surface area contributed by atoms with E-state index in [-0.39, 0.29) is 11.2 Å². The molecule has 0 aliphatic heterocycles. The summed E-state index contributed by atoms with van der Waals surface area (Å²) in [5.41, 5.74) is -0.0161. The van der Waals surface area contributed by atoms with Gasteiger partial charge in [-0.2, -0.15) is 4.98 Å². The van der Waals surface area contributed by atoms with Crippen LogP contribution in [-0.2, 0) is 10.2 Å². The molecule has 0 unspecified atom stereocenters. The van der Waals surface area contributed by atoms with Gasteiger partial charge in [0, 0.05) is 5.41 Å². The Balaban J connectivity index is 2.19. The minimum atomic E-state index is -0.508. The number of ether oxygens (including phenoxy) is 1. The smallest absolute Gasteiger partial charge is 0.379 e. The first kappa shape index (κ1) is 12.1. The van der Waals surface area contributed by atoms with Gasteiger partial charge in [-0.3, -0.25) is 0 Å². The molecule has 0 aromatic carbocycles. The number of rotatable bonds is 4. The highest BCUT2D eigenvalue weighted by Crippen LogP contribution is 2.42. The fourth-order valence-electron chi connectivity index (χ4n) is 2.49. The summed E-state index contributed by atoms with van der Waals surface area (Å²) < 4.78 is 10.1. The van der Waals surface area contributed by atoms with Crippen molar-refractivity contribution in [2.45, 2.75) is 51.4 Å². The molecule has 1 aromatic rings. The molecule has 1 saturated carbocycles. The Kier molecular flexibility index (Phi) is 3.45. The summed E-state index contributed by atoms with van der Waals surface area (Å²) in [4.78, 5) is 15.7. The van der Waals surface area contributed by atoms with E-state index < -0.39 is 5.97 Å². The molecule has 0 bridgehead atoms. The number of carbonyl (C=O) groups is 1. The molecule has 94 valence electrons. The zero-order chi connectivity index (χ0) is 12.3. The Labute approximate surface area is 101 Å². The zero-order valence-electron chi connectivity index (χ0n) is 10.4. The molecular weight excluding hydrogens is 220 g/mol. The van der Waals surface area contributed by atoms with E-state index >= 15 is 0 Å². The van der Waals surface area contributed by atoms with Crippen LogP contribution in [0.4, 0.5) is 0 Å². The summed E-state index contributed by atoms with van der Waals surface area (Å²) in [5, 5.41) is 3.71. The highest BCUT2D eigenvalue weighted by Gasteiger charge is 2.39. The third-order valence-electron chi connectivity index (χ3n) is 3.58. The van der Waals surface area contributed by atoms with Crippen LogP contribution >= 0.6 is 0 Å². The lowest BCUT2D eigenvalue weighted by atomic mass is 9.83. The van der Waals surface area contributed by atoms with Crippen LogP contribution in [0, 0.1) is 0 Å². The molecule has 0 amide bonds. The van der Waals surface area contributed by atoms with E-state index in [4.69, 9.17) is 9.26 Å². The van der Waals surface area contributed by atoms with Gasteiger partial charge >= 0.3 is 5.97 Å². The maximum Gasteiger partial charge on any atom is 0.379 e. The van der Waals surface area contributed by atoms with Crippen molar-refractivity contribution < 1.29 is 14.1 Å².